The van der Waals surface area contributed by atoms with Crippen molar-refractivity contribution in [2.24, 2.45) is 5.41 Å². The standard InChI is InChI=1S/C16H21Cl2NO4S/c1-16(2,3)14-9-12(4-5-19(14)15(20)21)24(22,23)13-7-10(17)6-11(18)8-13/h6-8,12,14H,4-5,9H2,1-3H3,(H,20,21). The quantitative estimate of drug-likeness (QED) is 0.811. The van der Waals surface area contributed by atoms with Crippen LogP contribution in [0.15, 0.2) is 23.1 Å². The second-order valence-corrected chi connectivity index (χ2v) is 10.3. The van der Waals surface area contributed by atoms with Gasteiger partial charge in [0.1, 0.15) is 0 Å². The fourth-order valence-electron chi connectivity index (χ4n) is 3.15. The molecule has 1 aliphatic heterocycles. The molecule has 0 spiro atoms. The largest absolute Gasteiger partial charge is 0.465 e. The third-order valence-electron chi connectivity index (χ3n) is 4.40. The van der Waals surface area contributed by atoms with Gasteiger partial charge in [-0.3, -0.25) is 0 Å². The Hall–Kier alpha value is -0.980. The average molecular weight is 394 g/mol. The summed E-state index contributed by atoms with van der Waals surface area (Å²) in [6.45, 7) is 5.94. The smallest absolute Gasteiger partial charge is 0.407 e. The molecule has 0 radical (unpaired) electrons. The summed E-state index contributed by atoms with van der Waals surface area (Å²) in [7, 11) is -3.64. The SMILES string of the molecule is CC(C)(C)C1CC(S(=O)(=O)c2cc(Cl)cc(Cl)c2)CCN1C(=O)O. The van der Waals surface area contributed by atoms with E-state index in [2.05, 4.69) is 0 Å². The maximum Gasteiger partial charge on any atom is 0.407 e. The van der Waals surface area contributed by atoms with Crippen LogP contribution in [0.5, 0.6) is 0 Å². The minimum atomic E-state index is -3.64. The van der Waals surface area contributed by atoms with Gasteiger partial charge in [-0.25, -0.2) is 13.2 Å². The number of rotatable bonds is 2. The number of carbonyl (C=O) groups is 1. The number of halogens is 2. The molecule has 24 heavy (non-hydrogen) atoms. The number of hydrogen-bond donors (Lipinski definition) is 1. The Bertz CT molecular complexity index is 723. The van der Waals surface area contributed by atoms with Crippen LogP contribution in [0.4, 0.5) is 4.79 Å². The van der Waals surface area contributed by atoms with Crippen LogP contribution in [-0.2, 0) is 9.84 Å². The summed E-state index contributed by atoms with van der Waals surface area (Å²) in [6.07, 6.45) is -0.510. The number of piperidine rings is 1. The average Bonchev–Trinajstić information content (AvgIpc) is 2.44. The molecule has 0 saturated carbocycles. The highest BCUT2D eigenvalue weighted by Gasteiger charge is 2.43. The van der Waals surface area contributed by atoms with Gasteiger partial charge in [-0.15, -0.1) is 0 Å². The number of likely N-dealkylation sites (tertiary alicyclic amines) is 1. The summed E-state index contributed by atoms with van der Waals surface area (Å²) in [6, 6.07) is 3.88. The Morgan fingerprint density at radius 2 is 1.75 bits per heavy atom. The molecule has 1 aliphatic rings. The lowest BCUT2D eigenvalue weighted by Crippen LogP contribution is -2.54. The van der Waals surface area contributed by atoms with Crippen molar-refractivity contribution < 1.29 is 18.3 Å². The van der Waals surface area contributed by atoms with Gasteiger partial charge in [0.05, 0.1) is 10.1 Å². The van der Waals surface area contributed by atoms with Crippen molar-refractivity contribution in [3.05, 3.63) is 28.2 Å². The third-order valence-corrected chi connectivity index (χ3v) is 7.04. The normalized spacial score (nSPS) is 22.5. The summed E-state index contributed by atoms with van der Waals surface area (Å²) in [5.74, 6) is 0. The van der Waals surface area contributed by atoms with Crippen molar-refractivity contribution in [3.63, 3.8) is 0 Å². The van der Waals surface area contributed by atoms with Crippen LogP contribution >= 0.6 is 23.2 Å². The first-order chi connectivity index (χ1) is 10.9. The first-order valence-corrected chi connectivity index (χ1v) is 9.92. The highest BCUT2D eigenvalue weighted by molar-refractivity contribution is 7.92. The second-order valence-electron chi connectivity index (χ2n) is 7.15. The molecule has 1 heterocycles. The number of hydrogen-bond acceptors (Lipinski definition) is 3. The van der Waals surface area contributed by atoms with E-state index in [1.165, 1.54) is 23.1 Å². The molecule has 2 rings (SSSR count). The predicted molar refractivity (Wildman–Crippen MR) is 94.6 cm³/mol. The molecule has 0 bridgehead atoms. The number of sulfone groups is 1. The van der Waals surface area contributed by atoms with Crippen molar-refractivity contribution in [1.29, 1.82) is 0 Å². The fraction of sp³-hybridized carbons (Fsp3) is 0.562. The molecule has 0 aromatic heterocycles. The van der Waals surface area contributed by atoms with E-state index < -0.39 is 21.2 Å². The zero-order valence-corrected chi connectivity index (χ0v) is 16.1. The van der Waals surface area contributed by atoms with Gasteiger partial charge >= 0.3 is 6.09 Å². The van der Waals surface area contributed by atoms with Gasteiger partial charge in [-0.2, -0.15) is 0 Å². The number of carboxylic acid groups (broad SMARTS) is 1. The van der Waals surface area contributed by atoms with Crippen LogP contribution < -0.4 is 0 Å². The van der Waals surface area contributed by atoms with Crippen molar-refractivity contribution in [3.8, 4) is 0 Å². The molecule has 1 saturated heterocycles. The molecule has 134 valence electrons. The van der Waals surface area contributed by atoms with E-state index in [0.717, 1.165) is 0 Å². The van der Waals surface area contributed by atoms with Gasteiger partial charge in [0.25, 0.3) is 0 Å². The molecule has 1 aromatic rings. The van der Waals surface area contributed by atoms with E-state index in [1.54, 1.807) is 0 Å². The molecule has 1 fully saturated rings. The summed E-state index contributed by atoms with van der Waals surface area (Å²) in [5.41, 5.74) is -0.363. The van der Waals surface area contributed by atoms with Crippen LogP contribution in [0.25, 0.3) is 0 Å². The molecule has 5 nitrogen and oxygen atoms in total. The topological polar surface area (TPSA) is 74.7 Å². The second kappa shape index (κ2) is 6.73. The first-order valence-electron chi connectivity index (χ1n) is 7.62. The minimum absolute atomic E-state index is 0.0847. The Balaban J connectivity index is 2.37. The van der Waals surface area contributed by atoms with E-state index in [0.29, 0.717) is 0 Å². The molecule has 1 aromatic carbocycles. The summed E-state index contributed by atoms with van der Waals surface area (Å²) in [5, 5.41) is 9.25. The predicted octanol–water partition coefficient (Wildman–Crippen LogP) is 4.32. The van der Waals surface area contributed by atoms with Crippen molar-refractivity contribution >= 4 is 39.1 Å². The highest BCUT2D eigenvalue weighted by Crippen LogP contribution is 2.37. The zero-order valence-electron chi connectivity index (χ0n) is 13.8. The van der Waals surface area contributed by atoms with Crippen LogP contribution in [-0.4, -0.2) is 42.4 Å². The molecule has 2 atom stereocenters. The van der Waals surface area contributed by atoms with Crippen LogP contribution in [0.3, 0.4) is 0 Å². The monoisotopic (exact) mass is 393 g/mol. The molecule has 8 heteroatoms. The lowest BCUT2D eigenvalue weighted by molar-refractivity contribution is 0.0604. The molecule has 1 N–H and O–H groups in total. The van der Waals surface area contributed by atoms with Crippen LogP contribution in [0, 0.1) is 5.41 Å². The molecule has 0 aliphatic carbocycles. The molecule has 2 unspecified atom stereocenters. The third kappa shape index (κ3) is 3.98. The minimum Gasteiger partial charge on any atom is -0.465 e. The molecular weight excluding hydrogens is 373 g/mol. The number of amides is 1. The van der Waals surface area contributed by atoms with E-state index in [-0.39, 0.29) is 45.8 Å². The first kappa shape index (κ1) is 19.3. The van der Waals surface area contributed by atoms with E-state index in [9.17, 15) is 18.3 Å². The van der Waals surface area contributed by atoms with Crippen molar-refractivity contribution in [2.75, 3.05) is 6.54 Å². The Kier molecular flexibility index (Phi) is 5.43. The summed E-state index contributed by atoms with van der Waals surface area (Å²) in [4.78, 5) is 12.9. The lowest BCUT2D eigenvalue weighted by Gasteiger charge is -2.44. The van der Waals surface area contributed by atoms with Gasteiger partial charge in [-0.1, -0.05) is 44.0 Å². The Labute approximate surface area is 152 Å². The van der Waals surface area contributed by atoms with Gasteiger partial charge in [0, 0.05) is 22.6 Å². The highest BCUT2D eigenvalue weighted by atomic mass is 35.5. The van der Waals surface area contributed by atoms with Crippen LogP contribution in [0.2, 0.25) is 10.0 Å². The lowest BCUT2D eigenvalue weighted by atomic mass is 9.80. The zero-order chi connectivity index (χ0) is 18.3. The van der Waals surface area contributed by atoms with Gasteiger partial charge < -0.3 is 10.0 Å². The Morgan fingerprint density at radius 1 is 1.21 bits per heavy atom. The van der Waals surface area contributed by atoms with Crippen LogP contribution in [0.1, 0.15) is 33.6 Å². The van der Waals surface area contributed by atoms with E-state index >= 15 is 0 Å². The van der Waals surface area contributed by atoms with Gasteiger partial charge in [-0.05, 0) is 36.5 Å². The maximum atomic E-state index is 13.0. The van der Waals surface area contributed by atoms with Gasteiger partial charge in [0.15, 0.2) is 9.84 Å². The maximum absolute atomic E-state index is 13.0. The molecule has 1 amide bonds. The van der Waals surface area contributed by atoms with Gasteiger partial charge in [0.2, 0.25) is 0 Å². The van der Waals surface area contributed by atoms with E-state index in [4.69, 9.17) is 23.2 Å². The molecular formula is C16H21Cl2NO4S. The van der Waals surface area contributed by atoms with E-state index in [1.807, 2.05) is 20.8 Å². The summed E-state index contributed by atoms with van der Waals surface area (Å²) >= 11 is 11.9. The Morgan fingerprint density at radius 3 is 2.21 bits per heavy atom. The number of benzene rings is 1. The van der Waals surface area contributed by atoms with Crippen molar-refractivity contribution in [1.82, 2.24) is 4.90 Å². The van der Waals surface area contributed by atoms with Crippen molar-refractivity contribution in [2.45, 2.75) is 49.8 Å². The summed E-state index contributed by atoms with van der Waals surface area (Å²) < 4.78 is 25.9. The fourth-order valence-corrected chi connectivity index (χ4v) is 5.62. The number of nitrogens with zero attached hydrogens (tertiary/aromatic N) is 1.